The lowest BCUT2D eigenvalue weighted by Gasteiger charge is -2.25. The number of nitrogens with one attached hydrogen (secondary N) is 1. The van der Waals surface area contributed by atoms with E-state index in [1.54, 1.807) is 23.7 Å². The molecule has 1 saturated carbocycles. The van der Waals surface area contributed by atoms with Gasteiger partial charge in [0.1, 0.15) is 32.3 Å². The Labute approximate surface area is 207 Å². The van der Waals surface area contributed by atoms with E-state index < -0.39 is 15.6 Å². The van der Waals surface area contributed by atoms with Crippen molar-refractivity contribution in [1.82, 2.24) is 19.9 Å². The van der Waals surface area contributed by atoms with Crippen LogP contribution in [0.3, 0.4) is 0 Å². The van der Waals surface area contributed by atoms with Gasteiger partial charge in [-0.3, -0.25) is 4.98 Å². The van der Waals surface area contributed by atoms with Crippen molar-refractivity contribution in [1.29, 1.82) is 0 Å². The van der Waals surface area contributed by atoms with Crippen LogP contribution in [0.1, 0.15) is 26.0 Å². The SMILES string of the molecule is CSc1nc(C)c(-c2nc3cnccc3s2)c(N[C@@H]2C[C@H](CS(C)(=O)=O)[C@H]3OC(C)(C)O[C@H]32)n1. The van der Waals surface area contributed by atoms with E-state index >= 15 is 0 Å². The van der Waals surface area contributed by atoms with Crippen LogP contribution < -0.4 is 5.32 Å². The zero-order valence-corrected chi connectivity index (χ0v) is 22.1. The highest BCUT2D eigenvalue weighted by Crippen LogP contribution is 2.44. The van der Waals surface area contributed by atoms with Gasteiger partial charge in [-0.1, -0.05) is 11.8 Å². The molecule has 0 bridgehead atoms. The van der Waals surface area contributed by atoms with Crippen molar-refractivity contribution in [2.75, 3.05) is 23.6 Å². The Morgan fingerprint density at radius 1 is 1.24 bits per heavy atom. The van der Waals surface area contributed by atoms with Gasteiger partial charge in [-0.25, -0.2) is 23.4 Å². The van der Waals surface area contributed by atoms with Crippen LogP contribution >= 0.6 is 23.1 Å². The number of aromatic nitrogens is 4. The molecule has 1 aliphatic carbocycles. The lowest BCUT2D eigenvalue weighted by Crippen LogP contribution is -2.35. The fourth-order valence-corrected chi connectivity index (χ4v) is 7.39. The lowest BCUT2D eigenvalue weighted by molar-refractivity contribution is -0.156. The molecule has 0 spiro atoms. The summed E-state index contributed by atoms with van der Waals surface area (Å²) in [5.74, 6) is -0.219. The predicted molar refractivity (Wildman–Crippen MR) is 134 cm³/mol. The van der Waals surface area contributed by atoms with Gasteiger partial charge in [-0.2, -0.15) is 0 Å². The zero-order chi connectivity index (χ0) is 24.3. The quantitative estimate of drug-likeness (QED) is 0.381. The number of aryl methyl sites for hydroxylation is 1. The Morgan fingerprint density at radius 2 is 2.00 bits per heavy atom. The van der Waals surface area contributed by atoms with E-state index in [4.69, 9.17) is 19.4 Å². The summed E-state index contributed by atoms with van der Waals surface area (Å²) in [6.45, 7) is 5.68. The van der Waals surface area contributed by atoms with E-state index in [-0.39, 0.29) is 29.9 Å². The topological polar surface area (TPSA) is 116 Å². The molecule has 1 N–H and O–H groups in total. The molecule has 1 saturated heterocycles. The van der Waals surface area contributed by atoms with Crippen LogP contribution in [0.15, 0.2) is 23.6 Å². The van der Waals surface area contributed by atoms with Gasteiger partial charge in [0, 0.05) is 18.4 Å². The molecule has 3 aromatic rings. The monoisotopic (exact) mass is 521 g/mol. The van der Waals surface area contributed by atoms with E-state index in [1.165, 1.54) is 18.0 Å². The third-order valence-corrected chi connectivity index (χ3v) is 8.71. The summed E-state index contributed by atoms with van der Waals surface area (Å²) in [4.78, 5) is 18.4. The third kappa shape index (κ3) is 4.66. The van der Waals surface area contributed by atoms with Crippen molar-refractivity contribution in [2.45, 2.75) is 56.4 Å². The maximum atomic E-state index is 12.1. The molecule has 12 heteroatoms. The smallest absolute Gasteiger partial charge is 0.189 e. The molecule has 0 aromatic carbocycles. The molecule has 2 aliphatic rings. The molecule has 1 aliphatic heterocycles. The standard InChI is InChI=1S/C22H27N5O4S3/c1-11-16(20-26-14-9-23-7-6-15(14)33-20)19(27-21(24-11)32-4)25-13-8-12(10-34(5,28)29)17-18(13)31-22(2,3)30-17/h6-7,9,12-13,17-18H,8,10H2,1-5H3,(H,24,25,27)/t12-,13-,17-,18+/m1/s1. The second-order valence-electron chi connectivity index (χ2n) is 9.29. The van der Waals surface area contributed by atoms with E-state index in [2.05, 4.69) is 15.3 Å². The van der Waals surface area contributed by atoms with Crippen molar-refractivity contribution in [3.63, 3.8) is 0 Å². The fraction of sp³-hybridized carbons (Fsp3) is 0.545. The first-order chi connectivity index (χ1) is 16.0. The first-order valence-electron chi connectivity index (χ1n) is 11.0. The summed E-state index contributed by atoms with van der Waals surface area (Å²) >= 11 is 3.03. The minimum atomic E-state index is -3.17. The number of ether oxygens (including phenoxy) is 2. The van der Waals surface area contributed by atoms with Crippen LogP contribution in [-0.4, -0.2) is 70.7 Å². The number of fused-ring (bicyclic) bond motifs is 2. The molecule has 34 heavy (non-hydrogen) atoms. The summed E-state index contributed by atoms with van der Waals surface area (Å²) in [7, 11) is -3.17. The fourth-order valence-electron chi connectivity index (χ4n) is 4.84. The van der Waals surface area contributed by atoms with Gasteiger partial charge in [-0.05, 0) is 39.5 Å². The molecule has 0 radical (unpaired) electrons. The molecule has 0 amide bonds. The average Bonchev–Trinajstić information content (AvgIpc) is 3.38. The zero-order valence-electron chi connectivity index (χ0n) is 19.6. The highest BCUT2D eigenvalue weighted by Gasteiger charge is 2.54. The van der Waals surface area contributed by atoms with Gasteiger partial charge in [0.15, 0.2) is 10.9 Å². The number of rotatable bonds is 6. The number of thioether (sulfide) groups is 1. The molecule has 2 fully saturated rings. The minimum Gasteiger partial charge on any atom is -0.364 e. The maximum Gasteiger partial charge on any atom is 0.189 e. The molecule has 182 valence electrons. The molecule has 3 aromatic heterocycles. The van der Waals surface area contributed by atoms with Gasteiger partial charge in [0.05, 0.1) is 40.1 Å². The van der Waals surface area contributed by atoms with Crippen LogP contribution in [0, 0.1) is 12.8 Å². The van der Waals surface area contributed by atoms with Crippen LogP contribution in [-0.2, 0) is 19.3 Å². The molecule has 4 atom stereocenters. The number of hydrogen-bond acceptors (Lipinski definition) is 11. The largest absolute Gasteiger partial charge is 0.364 e. The predicted octanol–water partition coefficient (Wildman–Crippen LogP) is 3.54. The van der Waals surface area contributed by atoms with Crippen molar-refractivity contribution in [2.24, 2.45) is 5.92 Å². The first-order valence-corrected chi connectivity index (χ1v) is 15.1. The van der Waals surface area contributed by atoms with Gasteiger partial charge < -0.3 is 14.8 Å². The third-order valence-electron chi connectivity index (χ3n) is 6.08. The Kier molecular flexibility index (Phi) is 6.08. The summed E-state index contributed by atoms with van der Waals surface area (Å²) in [5.41, 5.74) is 2.48. The van der Waals surface area contributed by atoms with Crippen LogP contribution in [0.5, 0.6) is 0 Å². The Bertz CT molecular complexity index is 1310. The second-order valence-corrected chi connectivity index (χ2v) is 13.3. The summed E-state index contributed by atoms with van der Waals surface area (Å²) in [5, 5.41) is 5.04. The highest BCUT2D eigenvalue weighted by molar-refractivity contribution is 7.98. The van der Waals surface area contributed by atoms with E-state index in [9.17, 15) is 8.42 Å². The van der Waals surface area contributed by atoms with Crippen LogP contribution in [0.4, 0.5) is 5.82 Å². The van der Waals surface area contributed by atoms with Gasteiger partial charge in [0.2, 0.25) is 0 Å². The van der Waals surface area contributed by atoms with Crippen LogP contribution in [0.25, 0.3) is 20.8 Å². The maximum absolute atomic E-state index is 12.1. The molecule has 5 rings (SSSR count). The van der Waals surface area contributed by atoms with Crippen molar-refractivity contribution in [3.8, 4) is 10.6 Å². The van der Waals surface area contributed by atoms with Crippen molar-refractivity contribution in [3.05, 3.63) is 24.2 Å². The number of pyridine rings is 1. The lowest BCUT2D eigenvalue weighted by atomic mass is 10.1. The molecular weight excluding hydrogens is 494 g/mol. The van der Waals surface area contributed by atoms with E-state index in [0.717, 1.165) is 26.5 Å². The summed E-state index contributed by atoms with van der Waals surface area (Å²) in [6, 6.07) is 1.77. The number of anilines is 1. The Hall–Kier alpha value is -1.86. The number of sulfone groups is 1. The van der Waals surface area contributed by atoms with Crippen molar-refractivity contribution >= 4 is 49.0 Å². The van der Waals surface area contributed by atoms with Gasteiger partial charge >= 0.3 is 0 Å². The van der Waals surface area contributed by atoms with E-state index in [1.807, 2.05) is 33.1 Å². The molecule has 9 nitrogen and oxygen atoms in total. The number of hydrogen-bond donors (Lipinski definition) is 1. The molecular formula is C22H27N5O4S3. The van der Waals surface area contributed by atoms with Crippen molar-refractivity contribution < 1.29 is 17.9 Å². The molecule has 4 heterocycles. The average molecular weight is 522 g/mol. The van der Waals surface area contributed by atoms with Gasteiger partial charge in [-0.15, -0.1) is 11.3 Å². The van der Waals surface area contributed by atoms with Gasteiger partial charge in [0.25, 0.3) is 0 Å². The first kappa shape index (κ1) is 23.9. The van der Waals surface area contributed by atoms with E-state index in [0.29, 0.717) is 17.4 Å². The highest BCUT2D eigenvalue weighted by atomic mass is 32.2. The number of nitrogens with zero attached hydrogens (tertiary/aromatic N) is 4. The Morgan fingerprint density at radius 3 is 2.71 bits per heavy atom. The minimum absolute atomic E-state index is 0.0579. The van der Waals surface area contributed by atoms with Crippen LogP contribution in [0.2, 0.25) is 0 Å². The summed E-state index contributed by atoms with van der Waals surface area (Å²) in [6.07, 6.45) is 6.71. The summed E-state index contributed by atoms with van der Waals surface area (Å²) < 4.78 is 37.6. The molecule has 0 unspecified atom stereocenters. The number of thiazole rings is 1. The Balaban J connectivity index is 1.54. The normalized spacial score (nSPS) is 26.1. The second kappa shape index (κ2) is 8.66.